The number of carboxylic acids is 1. The number of benzene rings is 1. The number of carboxylic acid groups (broad SMARTS) is 1. The van der Waals surface area contributed by atoms with Gasteiger partial charge in [-0.1, -0.05) is 32.0 Å². The molecule has 104 valence electrons. The summed E-state index contributed by atoms with van der Waals surface area (Å²) >= 11 is 1.84. The predicted octanol–water partition coefficient (Wildman–Crippen LogP) is 3.19. The summed E-state index contributed by atoms with van der Waals surface area (Å²) in [5, 5.41) is 9.36. The van der Waals surface area contributed by atoms with E-state index >= 15 is 0 Å². The van der Waals surface area contributed by atoms with E-state index in [9.17, 15) is 9.90 Å². The van der Waals surface area contributed by atoms with Crippen LogP contribution in [0.15, 0.2) is 29.2 Å². The molecule has 0 aliphatic carbocycles. The molecule has 3 nitrogen and oxygen atoms in total. The van der Waals surface area contributed by atoms with Crippen molar-refractivity contribution >= 4 is 17.7 Å². The van der Waals surface area contributed by atoms with Crippen molar-refractivity contribution in [1.29, 1.82) is 0 Å². The van der Waals surface area contributed by atoms with Crippen LogP contribution in [0.4, 0.5) is 0 Å². The molecule has 2 rings (SSSR count). The fourth-order valence-corrected chi connectivity index (χ4v) is 4.39. The molecule has 0 spiro atoms. The minimum absolute atomic E-state index is 0.187. The number of aliphatic carboxylic acids is 1. The van der Waals surface area contributed by atoms with Crippen LogP contribution in [0.25, 0.3) is 0 Å². The van der Waals surface area contributed by atoms with E-state index in [0.717, 1.165) is 25.3 Å². The maximum absolute atomic E-state index is 11.4. The fourth-order valence-electron chi connectivity index (χ4n) is 3.14. The van der Waals surface area contributed by atoms with Crippen molar-refractivity contribution in [2.75, 3.05) is 18.8 Å². The second-order valence-electron chi connectivity index (χ2n) is 4.87. The Morgan fingerprint density at radius 2 is 2.05 bits per heavy atom. The fraction of sp³-hybridized carbons (Fsp3) is 0.533. The van der Waals surface area contributed by atoms with E-state index in [4.69, 9.17) is 0 Å². The molecule has 19 heavy (non-hydrogen) atoms. The lowest BCUT2D eigenvalue weighted by molar-refractivity contribution is -0.141. The molecule has 0 saturated heterocycles. The summed E-state index contributed by atoms with van der Waals surface area (Å²) in [5.74, 6) is 0.273. The second-order valence-corrected chi connectivity index (χ2v) is 6.01. The van der Waals surface area contributed by atoms with Crippen molar-refractivity contribution in [3.8, 4) is 0 Å². The van der Waals surface area contributed by atoms with Crippen LogP contribution in [-0.4, -0.2) is 34.8 Å². The largest absolute Gasteiger partial charge is 0.481 e. The minimum atomic E-state index is -0.714. The Labute approximate surface area is 119 Å². The summed E-state index contributed by atoms with van der Waals surface area (Å²) in [5.41, 5.74) is 0.856. The predicted molar refractivity (Wildman–Crippen MR) is 78.6 cm³/mol. The number of rotatable bonds is 5. The van der Waals surface area contributed by atoms with E-state index in [1.807, 2.05) is 23.9 Å². The number of hydrogen-bond donors (Lipinski definition) is 1. The Balaban J connectivity index is 2.52. The number of hydrogen-bond acceptors (Lipinski definition) is 3. The van der Waals surface area contributed by atoms with Crippen molar-refractivity contribution < 1.29 is 9.90 Å². The summed E-state index contributed by atoms with van der Waals surface area (Å²) in [7, 11) is 0. The zero-order chi connectivity index (χ0) is 13.9. The second kappa shape index (κ2) is 5.97. The highest BCUT2D eigenvalue weighted by molar-refractivity contribution is 7.99. The van der Waals surface area contributed by atoms with E-state index in [0.29, 0.717) is 0 Å². The van der Waals surface area contributed by atoms with Crippen molar-refractivity contribution in [3.63, 3.8) is 0 Å². The van der Waals surface area contributed by atoms with E-state index in [2.05, 4.69) is 30.9 Å². The molecule has 1 atom stereocenters. The van der Waals surface area contributed by atoms with Crippen LogP contribution in [0.2, 0.25) is 0 Å². The summed E-state index contributed by atoms with van der Waals surface area (Å²) in [6.07, 6.45) is 1.09. The Kier molecular flexibility index (Phi) is 4.53. The van der Waals surface area contributed by atoms with Gasteiger partial charge in [0.05, 0.1) is 12.0 Å². The van der Waals surface area contributed by atoms with Gasteiger partial charge in [-0.2, -0.15) is 0 Å². The van der Waals surface area contributed by atoms with Crippen LogP contribution >= 0.6 is 11.8 Å². The maximum Gasteiger partial charge on any atom is 0.305 e. The van der Waals surface area contributed by atoms with E-state index in [1.165, 1.54) is 10.5 Å². The first-order valence-electron chi connectivity index (χ1n) is 6.83. The highest BCUT2D eigenvalue weighted by Gasteiger charge is 2.42. The van der Waals surface area contributed by atoms with Gasteiger partial charge in [0.15, 0.2) is 0 Å². The number of carbonyl (C=O) groups is 1. The van der Waals surface area contributed by atoms with Crippen LogP contribution < -0.4 is 0 Å². The first-order valence-corrected chi connectivity index (χ1v) is 7.81. The average molecular weight is 279 g/mol. The lowest BCUT2D eigenvalue weighted by atomic mass is 9.81. The Bertz CT molecular complexity index is 459. The topological polar surface area (TPSA) is 40.5 Å². The molecule has 1 aliphatic heterocycles. The van der Waals surface area contributed by atoms with Crippen LogP contribution in [0.1, 0.15) is 32.3 Å². The van der Waals surface area contributed by atoms with Gasteiger partial charge in [0.25, 0.3) is 0 Å². The van der Waals surface area contributed by atoms with Crippen LogP contribution in [0, 0.1) is 0 Å². The summed E-state index contributed by atoms with van der Waals surface area (Å²) in [6, 6.07) is 8.26. The monoisotopic (exact) mass is 279 g/mol. The molecule has 1 N–H and O–H groups in total. The van der Waals surface area contributed by atoms with Gasteiger partial charge in [0, 0.05) is 10.6 Å². The Morgan fingerprint density at radius 1 is 1.37 bits per heavy atom. The van der Waals surface area contributed by atoms with E-state index in [1.54, 1.807) is 0 Å². The van der Waals surface area contributed by atoms with Crippen LogP contribution in [0.3, 0.4) is 0 Å². The smallest absolute Gasteiger partial charge is 0.305 e. The lowest BCUT2D eigenvalue weighted by Crippen LogP contribution is -2.49. The maximum atomic E-state index is 11.4. The van der Waals surface area contributed by atoms with Gasteiger partial charge in [0.2, 0.25) is 0 Å². The van der Waals surface area contributed by atoms with Crippen LogP contribution in [-0.2, 0) is 10.3 Å². The minimum Gasteiger partial charge on any atom is -0.481 e. The number of nitrogens with zero attached hydrogens (tertiary/aromatic N) is 1. The SMILES string of the molecule is CCN(CC)C1(CC(=O)O)CCSc2ccccc21. The zero-order valence-electron chi connectivity index (χ0n) is 11.6. The van der Waals surface area contributed by atoms with Gasteiger partial charge < -0.3 is 5.11 Å². The first kappa shape index (κ1) is 14.4. The molecule has 0 fully saturated rings. The molecule has 0 amide bonds. The molecule has 0 saturated carbocycles. The van der Waals surface area contributed by atoms with Crippen molar-refractivity contribution in [3.05, 3.63) is 29.8 Å². The Morgan fingerprint density at radius 3 is 2.68 bits per heavy atom. The summed E-state index contributed by atoms with van der Waals surface area (Å²) in [6.45, 7) is 5.97. The van der Waals surface area contributed by atoms with Crippen molar-refractivity contribution in [2.24, 2.45) is 0 Å². The van der Waals surface area contributed by atoms with Gasteiger partial charge in [-0.25, -0.2) is 0 Å². The van der Waals surface area contributed by atoms with Gasteiger partial charge in [-0.05, 0) is 31.1 Å². The third-order valence-corrected chi connectivity index (χ3v) is 5.05. The molecule has 1 aromatic rings. The van der Waals surface area contributed by atoms with Gasteiger partial charge in [-0.15, -0.1) is 11.8 Å². The molecule has 1 heterocycles. The third kappa shape index (κ3) is 2.65. The third-order valence-electron chi connectivity index (χ3n) is 3.97. The molecule has 0 aromatic heterocycles. The zero-order valence-corrected chi connectivity index (χ0v) is 12.4. The average Bonchev–Trinajstić information content (AvgIpc) is 2.40. The summed E-state index contributed by atoms with van der Waals surface area (Å²) < 4.78 is 0. The van der Waals surface area contributed by atoms with Crippen LogP contribution in [0.5, 0.6) is 0 Å². The molecule has 1 aromatic carbocycles. The van der Waals surface area contributed by atoms with E-state index in [-0.39, 0.29) is 12.0 Å². The quantitative estimate of drug-likeness (QED) is 0.898. The molecule has 1 aliphatic rings. The Hall–Kier alpha value is -1.00. The lowest BCUT2D eigenvalue weighted by Gasteiger charge is -2.46. The van der Waals surface area contributed by atoms with Gasteiger partial charge >= 0.3 is 5.97 Å². The molecule has 0 bridgehead atoms. The standard InChI is InChI=1S/C15H21NO2S/c1-3-16(4-2)15(11-14(17)18)9-10-19-13-8-6-5-7-12(13)15/h5-8H,3-4,9-11H2,1-2H3,(H,17,18). The highest BCUT2D eigenvalue weighted by Crippen LogP contribution is 2.45. The molecule has 0 radical (unpaired) electrons. The summed E-state index contributed by atoms with van der Waals surface area (Å²) in [4.78, 5) is 14.9. The van der Waals surface area contributed by atoms with Gasteiger partial charge in [0.1, 0.15) is 0 Å². The number of fused-ring (bicyclic) bond motifs is 1. The van der Waals surface area contributed by atoms with Gasteiger partial charge in [-0.3, -0.25) is 9.69 Å². The van der Waals surface area contributed by atoms with Crippen molar-refractivity contribution in [2.45, 2.75) is 37.1 Å². The molecular formula is C15H21NO2S. The molecule has 1 unspecified atom stereocenters. The highest BCUT2D eigenvalue weighted by atomic mass is 32.2. The normalized spacial score (nSPS) is 22.3. The van der Waals surface area contributed by atoms with E-state index < -0.39 is 5.97 Å². The first-order chi connectivity index (χ1) is 9.14. The molecular weight excluding hydrogens is 258 g/mol. The van der Waals surface area contributed by atoms with Crippen molar-refractivity contribution in [1.82, 2.24) is 4.90 Å². The number of thioether (sulfide) groups is 1. The molecule has 4 heteroatoms.